The Bertz CT molecular complexity index is 305. The van der Waals surface area contributed by atoms with Gasteiger partial charge in [0.2, 0.25) is 0 Å². The van der Waals surface area contributed by atoms with Crippen LogP contribution >= 0.6 is 0 Å². The molecule has 0 rings (SSSR count). The molecule has 0 fully saturated rings. The van der Waals surface area contributed by atoms with Gasteiger partial charge in [-0.2, -0.15) is 0 Å². The molecule has 0 aromatic carbocycles. The number of hydrogen-bond donors (Lipinski definition) is 1. The van der Waals surface area contributed by atoms with E-state index in [-0.39, 0.29) is 6.61 Å². The van der Waals surface area contributed by atoms with Gasteiger partial charge in [-0.15, -0.1) is 0 Å². The molecule has 0 heterocycles. The van der Waals surface area contributed by atoms with Crippen LogP contribution in [0.15, 0.2) is 0 Å². The van der Waals surface area contributed by atoms with Gasteiger partial charge in [0.25, 0.3) is 0 Å². The molecule has 1 amide bonds. The van der Waals surface area contributed by atoms with Gasteiger partial charge in [-0.1, -0.05) is 0 Å². The van der Waals surface area contributed by atoms with Gasteiger partial charge in [-0.05, 0) is 27.7 Å². The Morgan fingerprint density at radius 3 is 2.18 bits per heavy atom. The van der Waals surface area contributed by atoms with E-state index in [2.05, 4.69) is 10.1 Å². The summed E-state index contributed by atoms with van der Waals surface area (Å²) in [5.41, 5.74) is -0.622. The fraction of sp³-hybridized carbons (Fsp3) is 0.727. The maximum Gasteiger partial charge on any atom is 0.408 e. The number of nitrogens with one attached hydrogen (secondary N) is 1. The first-order valence-electron chi connectivity index (χ1n) is 5.27. The minimum absolute atomic E-state index is 0.355. The highest BCUT2D eigenvalue weighted by Gasteiger charge is 2.21. The lowest BCUT2D eigenvalue weighted by Crippen LogP contribution is -2.43. The molecular formula is C11H19NO5. The topological polar surface area (TPSA) is 81.7 Å². The average Bonchev–Trinajstić information content (AvgIpc) is 2.10. The van der Waals surface area contributed by atoms with Crippen LogP contribution in [0, 0.1) is 0 Å². The van der Waals surface area contributed by atoms with E-state index in [0.717, 1.165) is 0 Å². The normalized spacial score (nSPS) is 12.5. The molecule has 6 nitrogen and oxygen atoms in total. The van der Waals surface area contributed by atoms with Crippen molar-refractivity contribution in [2.75, 3.05) is 6.61 Å². The van der Waals surface area contributed by atoms with Gasteiger partial charge in [0.1, 0.15) is 5.60 Å². The second kappa shape index (κ2) is 6.22. The predicted octanol–water partition coefficient (Wildman–Crippen LogP) is 1.03. The maximum absolute atomic E-state index is 11.4. The van der Waals surface area contributed by atoms with Crippen molar-refractivity contribution in [2.24, 2.45) is 0 Å². The second-order valence-corrected chi connectivity index (χ2v) is 4.61. The Kier molecular flexibility index (Phi) is 5.64. The molecule has 0 aromatic rings. The maximum atomic E-state index is 11.4. The molecule has 0 saturated carbocycles. The molecule has 17 heavy (non-hydrogen) atoms. The first-order chi connectivity index (χ1) is 7.61. The van der Waals surface area contributed by atoms with Gasteiger partial charge < -0.3 is 14.8 Å². The van der Waals surface area contributed by atoms with Crippen LogP contribution in [0.5, 0.6) is 0 Å². The van der Waals surface area contributed by atoms with Gasteiger partial charge in [0.05, 0.1) is 6.04 Å². The smallest absolute Gasteiger partial charge is 0.408 e. The van der Waals surface area contributed by atoms with Gasteiger partial charge in [-0.3, -0.25) is 9.59 Å². The highest BCUT2D eigenvalue weighted by Crippen LogP contribution is 2.06. The molecule has 1 unspecified atom stereocenters. The summed E-state index contributed by atoms with van der Waals surface area (Å²) in [5.74, 6) is -0.936. The van der Waals surface area contributed by atoms with Gasteiger partial charge in [0.15, 0.2) is 12.4 Å². The lowest BCUT2D eigenvalue weighted by Gasteiger charge is -2.21. The number of ketones is 1. The zero-order valence-electron chi connectivity index (χ0n) is 10.8. The Morgan fingerprint density at radius 2 is 1.76 bits per heavy atom. The zero-order valence-corrected chi connectivity index (χ0v) is 10.8. The van der Waals surface area contributed by atoms with E-state index in [1.54, 1.807) is 20.8 Å². The lowest BCUT2D eigenvalue weighted by molar-refractivity contribution is -0.146. The molecule has 0 spiro atoms. The van der Waals surface area contributed by atoms with Crippen LogP contribution in [0.1, 0.15) is 34.6 Å². The summed E-state index contributed by atoms with van der Waals surface area (Å²) in [6, 6.07) is -0.760. The van der Waals surface area contributed by atoms with Crippen molar-refractivity contribution in [1.29, 1.82) is 0 Å². The van der Waals surface area contributed by atoms with E-state index in [1.807, 2.05) is 0 Å². The van der Waals surface area contributed by atoms with Crippen molar-refractivity contribution < 1.29 is 23.9 Å². The summed E-state index contributed by atoms with van der Waals surface area (Å²) in [5, 5.41) is 2.36. The Morgan fingerprint density at radius 1 is 1.24 bits per heavy atom. The monoisotopic (exact) mass is 245 g/mol. The van der Waals surface area contributed by atoms with Crippen LogP contribution in [0.3, 0.4) is 0 Å². The fourth-order valence-corrected chi connectivity index (χ4v) is 0.863. The van der Waals surface area contributed by atoms with Crippen LogP contribution in [-0.2, 0) is 19.1 Å². The minimum Gasteiger partial charge on any atom is -0.458 e. The molecule has 0 aromatic heterocycles. The van der Waals surface area contributed by atoms with Crippen LogP contribution < -0.4 is 5.32 Å². The Balaban J connectivity index is 4.08. The predicted molar refractivity (Wildman–Crippen MR) is 60.5 cm³/mol. The third-order valence-corrected chi connectivity index (χ3v) is 1.63. The molecule has 0 radical (unpaired) electrons. The molecule has 0 aliphatic heterocycles. The van der Waals surface area contributed by atoms with E-state index >= 15 is 0 Å². The first kappa shape index (κ1) is 15.4. The third-order valence-electron chi connectivity index (χ3n) is 1.63. The van der Waals surface area contributed by atoms with Crippen molar-refractivity contribution in [2.45, 2.75) is 46.3 Å². The number of carbonyl (C=O) groups is 3. The largest absolute Gasteiger partial charge is 0.458 e. The van der Waals surface area contributed by atoms with E-state index in [4.69, 9.17) is 4.74 Å². The van der Waals surface area contributed by atoms with Crippen molar-refractivity contribution in [1.82, 2.24) is 5.32 Å². The van der Waals surface area contributed by atoms with Crippen molar-refractivity contribution in [3.8, 4) is 0 Å². The number of esters is 1. The summed E-state index contributed by atoms with van der Waals surface area (Å²) in [6.45, 7) is 7.51. The molecule has 1 atom stereocenters. The highest BCUT2D eigenvalue weighted by molar-refractivity contribution is 5.89. The summed E-state index contributed by atoms with van der Waals surface area (Å²) in [7, 11) is 0. The summed E-state index contributed by atoms with van der Waals surface area (Å²) in [6.07, 6.45) is -0.679. The van der Waals surface area contributed by atoms with E-state index in [9.17, 15) is 14.4 Å². The van der Waals surface area contributed by atoms with E-state index < -0.39 is 29.5 Å². The Hall–Kier alpha value is -1.59. The number of alkyl carbamates (subject to hydrolysis) is 1. The van der Waals surface area contributed by atoms with Gasteiger partial charge >= 0.3 is 12.1 Å². The molecule has 0 aliphatic rings. The summed E-state index contributed by atoms with van der Waals surface area (Å²) < 4.78 is 9.50. The van der Waals surface area contributed by atoms with Gasteiger partial charge in [-0.25, -0.2) is 4.79 Å². The number of carbonyl (C=O) groups excluding carboxylic acids is 3. The molecule has 6 heteroatoms. The summed E-state index contributed by atoms with van der Waals surface area (Å²) >= 11 is 0. The van der Waals surface area contributed by atoms with Crippen molar-refractivity contribution in [3.05, 3.63) is 0 Å². The molecular weight excluding hydrogens is 226 g/mol. The third kappa shape index (κ3) is 8.24. The van der Waals surface area contributed by atoms with Crippen molar-refractivity contribution in [3.63, 3.8) is 0 Å². The molecule has 0 saturated heterocycles. The van der Waals surface area contributed by atoms with Crippen molar-refractivity contribution >= 4 is 17.8 Å². The standard InChI is InChI=1S/C11H19NO5/c1-7(9(14)6-16-8(2)13)12-10(15)17-11(3,4)5/h7H,6H2,1-5H3,(H,12,15). The molecule has 1 N–H and O–H groups in total. The Labute approximate surface area is 101 Å². The SMILES string of the molecule is CC(=O)OCC(=O)C(C)NC(=O)OC(C)(C)C. The van der Waals surface area contributed by atoms with Gasteiger partial charge in [0, 0.05) is 6.92 Å². The number of hydrogen-bond acceptors (Lipinski definition) is 5. The number of Topliss-reactive ketones (excluding diaryl/α,β-unsaturated/α-hetero) is 1. The average molecular weight is 245 g/mol. The van der Waals surface area contributed by atoms with Crippen LogP contribution in [0.2, 0.25) is 0 Å². The molecule has 0 bridgehead atoms. The van der Waals surface area contributed by atoms with E-state index in [0.29, 0.717) is 0 Å². The highest BCUT2D eigenvalue weighted by atomic mass is 16.6. The lowest BCUT2D eigenvalue weighted by atomic mass is 10.2. The number of ether oxygens (including phenoxy) is 2. The molecule has 98 valence electrons. The minimum atomic E-state index is -0.760. The quantitative estimate of drug-likeness (QED) is 0.748. The first-order valence-corrected chi connectivity index (χ1v) is 5.27. The van der Waals surface area contributed by atoms with E-state index in [1.165, 1.54) is 13.8 Å². The van der Waals surface area contributed by atoms with Crippen LogP contribution in [0.4, 0.5) is 4.79 Å². The molecule has 0 aliphatic carbocycles. The number of amides is 1. The fourth-order valence-electron chi connectivity index (χ4n) is 0.863. The zero-order chi connectivity index (χ0) is 13.6. The van der Waals surface area contributed by atoms with Crippen LogP contribution in [0.25, 0.3) is 0 Å². The summed E-state index contributed by atoms with van der Waals surface area (Å²) in [4.78, 5) is 33.2. The van der Waals surface area contributed by atoms with Crippen LogP contribution in [-0.4, -0.2) is 36.1 Å². The number of rotatable bonds is 4. The second-order valence-electron chi connectivity index (χ2n) is 4.61.